The number of aromatic hydroxyl groups is 1. The first kappa shape index (κ1) is 29.9. The largest absolute Gasteiger partial charge is 0.507 e. The number of rotatable bonds is 8. The first-order chi connectivity index (χ1) is 18.7. The zero-order valence-corrected chi connectivity index (χ0v) is 23.5. The Hall–Kier alpha value is -3.03. The van der Waals surface area contributed by atoms with E-state index in [4.69, 9.17) is 5.73 Å². The van der Waals surface area contributed by atoms with Crippen LogP contribution in [0.1, 0.15) is 36.5 Å². The van der Waals surface area contributed by atoms with Crippen LogP contribution in [0.5, 0.6) is 5.75 Å². The van der Waals surface area contributed by atoms with Crippen LogP contribution in [0.3, 0.4) is 0 Å². The Kier molecular flexibility index (Phi) is 8.05. The van der Waals surface area contributed by atoms with Crippen LogP contribution in [-0.2, 0) is 27.3 Å². The fraction of sp³-hybridized carbons (Fsp3) is 0.607. The van der Waals surface area contributed by atoms with Crippen LogP contribution < -0.4 is 16.0 Å². The molecule has 40 heavy (non-hydrogen) atoms. The predicted octanol–water partition coefficient (Wildman–Crippen LogP) is -0.944. The van der Waals surface area contributed by atoms with Gasteiger partial charge in [-0.05, 0) is 57.8 Å². The van der Waals surface area contributed by atoms with Crippen LogP contribution in [-0.4, -0.2) is 106 Å². The first-order valence-corrected chi connectivity index (χ1v) is 13.5. The van der Waals surface area contributed by atoms with Crippen LogP contribution in [0.4, 0.5) is 5.69 Å². The zero-order valence-electron chi connectivity index (χ0n) is 23.5. The number of aliphatic hydroxyl groups is 4. The topological polar surface area (TPSA) is 197 Å². The number of nitrogens with one attached hydrogen (secondary N) is 1. The number of carbonyl (C=O) groups is 3. The minimum Gasteiger partial charge on any atom is -0.507 e. The Bertz CT molecular complexity index is 1260. The molecular formula is C28H40N4O8. The van der Waals surface area contributed by atoms with Crippen molar-refractivity contribution in [2.24, 2.45) is 23.5 Å². The molecular weight excluding hydrogens is 520 g/mol. The SMILES string of the molecule is CC(CCO)NCc1cc(N(C)C)c2c(c1O)C(O)=C1C(=O)[C@@]3(O)C(=O)C(C(N)=O)C(O)C(N(C)C)[C@H]3C[C@H]1C2. The fourth-order valence-corrected chi connectivity index (χ4v) is 6.82. The van der Waals surface area contributed by atoms with E-state index in [1.54, 1.807) is 25.1 Å². The lowest BCUT2D eigenvalue weighted by atomic mass is 9.54. The monoisotopic (exact) mass is 560 g/mol. The van der Waals surface area contributed by atoms with Crippen molar-refractivity contribution in [1.82, 2.24) is 10.2 Å². The third kappa shape index (κ3) is 4.47. The summed E-state index contributed by atoms with van der Waals surface area (Å²) in [5.74, 6) is -7.63. The van der Waals surface area contributed by atoms with Crippen LogP contribution >= 0.6 is 0 Å². The summed E-state index contributed by atoms with van der Waals surface area (Å²) in [6, 6.07) is 0.812. The third-order valence-electron chi connectivity index (χ3n) is 8.83. The molecule has 0 aliphatic heterocycles. The molecule has 220 valence electrons. The molecule has 4 unspecified atom stereocenters. The minimum absolute atomic E-state index is 0.00534. The molecule has 3 aliphatic rings. The standard InChI is InChI=1S/C28H40N4O8/c1-12(6-7-33)30-11-14-10-17(31(2)3)15-8-13-9-16-21(32(4)5)24(36)20(27(29)39)26(38)28(16,40)25(37)18(13)23(35)19(15)22(14)34/h10,12-13,16,20-21,24,30,33-36,40H,6-9,11H2,1-5H3,(H2,29,39)/t12?,13-,16-,20?,21?,24?,28-/m1/s1. The van der Waals surface area contributed by atoms with E-state index in [0.29, 0.717) is 17.5 Å². The average molecular weight is 561 g/mol. The highest BCUT2D eigenvalue weighted by atomic mass is 16.3. The molecule has 0 bridgehead atoms. The van der Waals surface area contributed by atoms with Gasteiger partial charge in [0.25, 0.3) is 0 Å². The lowest BCUT2D eigenvalue weighted by molar-refractivity contribution is -0.184. The van der Waals surface area contributed by atoms with Gasteiger partial charge in [-0.2, -0.15) is 0 Å². The average Bonchev–Trinajstić information content (AvgIpc) is 2.85. The van der Waals surface area contributed by atoms with Gasteiger partial charge in [-0.3, -0.25) is 14.4 Å². The van der Waals surface area contributed by atoms with Crippen molar-refractivity contribution in [2.75, 3.05) is 39.7 Å². The molecule has 1 aromatic carbocycles. The Morgan fingerprint density at radius 3 is 2.42 bits per heavy atom. The number of phenolic OH excluding ortho intramolecular Hbond substituents is 1. The van der Waals surface area contributed by atoms with Crippen LogP contribution in [0.15, 0.2) is 11.6 Å². The van der Waals surface area contributed by atoms with Gasteiger partial charge in [0.2, 0.25) is 11.7 Å². The lowest BCUT2D eigenvalue weighted by Crippen LogP contribution is -2.73. The van der Waals surface area contributed by atoms with E-state index in [0.717, 1.165) is 5.69 Å². The first-order valence-electron chi connectivity index (χ1n) is 13.5. The van der Waals surface area contributed by atoms with E-state index in [-0.39, 0.29) is 48.9 Å². The normalized spacial score (nSPS) is 30.6. The number of nitrogens with two attached hydrogens (primary N) is 1. The van der Waals surface area contributed by atoms with Crippen molar-refractivity contribution in [2.45, 2.75) is 56.5 Å². The number of likely N-dealkylation sites (N-methyl/N-ethyl adjacent to an activating group) is 1. The van der Waals surface area contributed by atoms with Gasteiger partial charge in [0.15, 0.2) is 11.4 Å². The maximum absolute atomic E-state index is 14.0. The number of Topliss-reactive ketones (excluding diaryl/α,β-unsaturated/α-hetero) is 2. The molecule has 7 atom stereocenters. The third-order valence-corrected chi connectivity index (χ3v) is 8.83. The number of phenols is 1. The van der Waals surface area contributed by atoms with Gasteiger partial charge in [0.1, 0.15) is 17.4 Å². The van der Waals surface area contributed by atoms with E-state index < -0.39 is 58.7 Å². The van der Waals surface area contributed by atoms with E-state index in [1.807, 2.05) is 25.9 Å². The number of nitrogens with zero attached hydrogens (tertiary/aromatic N) is 2. The van der Waals surface area contributed by atoms with Crippen LogP contribution in [0, 0.1) is 17.8 Å². The van der Waals surface area contributed by atoms with Crippen molar-refractivity contribution in [3.8, 4) is 5.75 Å². The Labute approximate surface area is 233 Å². The van der Waals surface area contributed by atoms with E-state index in [2.05, 4.69) is 5.32 Å². The van der Waals surface area contributed by atoms with Crippen LogP contribution in [0.25, 0.3) is 5.76 Å². The molecule has 0 saturated heterocycles. The number of ketones is 2. The molecule has 3 aliphatic carbocycles. The fourth-order valence-electron chi connectivity index (χ4n) is 6.82. The molecule has 2 saturated carbocycles. The summed E-state index contributed by atoms with van der Waals surface area (Å²) in [6.07, 6.45) is -0.738. The molecule has 1 amide bonds. The maximum atomic E-state index is 14.0. The number of carbonyl (C=O) groups excluding carboxylic acids is 3. The molecule has 2 fully saturated rings. The molecule has 0 radical (unpaired) electrons. The molecule has 0 spiro atoms. The highest BCUT2D eigenvalue weighted by molar-refractivity contribution is 6.25. The number of amides is 1. The number of hydrogen-bond acceptors (Lipinski definition) is 11. The number of benzene rings is 1. The van der Waals surface area contributed by atoms with E-state index >= 15 is 0 Å². The maximum Gasteiger partial charge on any atom is 0.230 e. The highest BCUT2D eigenvalue weighted by Crippen LogP contribution is 2.53. The number of anilines is 1. The molecule has 12 nitrogen and oxygen atoms in total. The summed E-state index contributed by atoms with van der Waals surface area (Å²) in [6.45, 7) is 2.10. The molecule has 4 rings (SSSR count). The highest BCUT2D eigenvalue weighted by Gasteiger charge is 2.67. The second-order valence-corrected chi connectivity index (χ2v) is 11.7. The van der Waals surface area contributed by atoms with Crippen molar-refractivity contribution >= 4 is 28.9 Å². The van der Waals surface area contributed by atoms with Crippen molar-refractivity contribution in [3.63, 3.8) is 0 Å². The molecule has 1 aromatic rings. The summed E-state index contributed by atoms with van der Waals surface area (Å²) in [5.41, 5.74) is 4.39. The van der Waals surface area contributed by atoms with Gasteiger partial charge in [-0.25, -0.2) is 0 Å². The number of aliphatic hydroxyl groups excluding tert-OH is 3. The molecule has 0 aromatic heterocycles. The Morgan fingerprint density at radius 2 is 1.88 bits per heavy atom. The summed E-state index contributed by atoms with van der Waals surface area (Å²) in [4.78, 5) is 43.1. The van der Waals surface area contributed by atoms with Gasteiger partial charge < -0.3 is 46.4 Å². The number of fused-ring (bicyclic) bond motifs is 3. The van der Waals surface area contributed by atoms with Crippen molar-refractivity contribution in [1.29, 1.82) is 0 Å². The van der Waals surface area contributed by atoms with Crippen molar-refractivity contribution < 1.29 is 39.9 Å². The quantitative estimate of drug-likeness (QED) is 0.194. The zero-order chi connectivity index (χ0) is 29.8. The number of primary amides is 1. The molecule has 12 heteroatoms. The predicted molar refractivity (Wildman–Crippen MR) is 146 cm³/mol. The van der Waals surface area contributed by atoms with Crippen molar-refractivity contribution in [3.05, 3.63) is 28.3 Å². The second kappa shape index (κ2) is 10.7. The van der Waals surface area contributed by atoms with Gasteiger partial charge in [-0.15, -0.1) is 0 Å². The summed E-state index contributed by atoms with van der Waals surface area (Å²) in [5, 5.41) is 58.0. The Morgan fingerprint density at radius 1 is 1.23 bits per heavy atom. The summed E-state index contributed by atoms with van der Waals surface area (Å²) < 4.78 is 0. The molecule has 0 heterocycles. The van der Waals surface area contributed by atoms with E-state index in [1.165, 1.54) is 0 Å². The van der Waals surface area contributed by atoms with Crippen LogP contribution in [0.2, 0.25) is 0 Å². The minimum atomic E-state index is -2.69. The summed E-state index contributed by atoms with van der Waals surface area (Å²) in [7, 11) is 6.87. The van der Waals surface area contributed by atoms with E-state index in [9.17, 15) is 39.9 Å². The lowest BCUT2D eigenvalue weighted by Gasteiger charge is -2.53. The smallest absolute Gasteiger partial charge is 0.230 e. The molecule has 8 N–H and O–H groups in total. The van der Waals surface area contributed by atoms with Gasteiger partial charge >= 0.3 is 0 Å². The van der Waals surface area contributed by atoms with Gasteiger partial charge in [-0.1, -0.05) is 0 Å². The second-order valence-electron chi connectivity index (χ2n) is 11.7. The summed E-state index contributed by atoms with van der Waals surface area (Å²) >= 11 is 0. The van der Waals surface area contributed by atoms with Gasteiger partial charge in [0, 0.05) is 62.1 Å². The van der Waals surface area contributed by atoms with Gasteiger partial charge in [0.05, 0.1) is 11.7 Å². The number of hydrogen-bond donors (Lipinski definition) is 7. The Balaban J connectivity index is 1.88.